The van der Waals surface area contributed by atoms with Crippen molar-refractivity contribution in [2.24, 2.45) is 5.73 Å². The molecule has 0 aliphatic carbocycles. The molecule has 0 unspecified atom stereocenters. The molecular formula is C13H18N2O2S. The highest BCUT2D eigenvalue weighted by Gasteiger charge is 2.27. The molecule has 0 saturated heterocycles. The Morgan fingerprint density at radius 2 is 1.78 bits per heavy atom. The third-order valence-corrected chi connectivity index (χ3v) is 3.25. The van der Waals surface area contributed by atoms with Crippen LogP contribution in [0.15, 0.2) is 24.3 Å². The molecule has 0 aliphatic rings. The van der Waals surface area contributed by atoms with E-state index in [1.807, 2.05) is 0 Å². The summed E-state index contributed by atoms with van der Waals surface area (Å²) in [4.78, 5) is 14.0. The molecule has 1 aromatic rings. The van der Waals surface area contributed by atoms with Crippen LogP contribution in [0.2, 0.25) is 0 Å². The van der Waals surface area contributed by atoms with Gasteiger partial charge in [-0.05, 0) is 26.0 Å². The lowest BCUT2D eigenvalue weighted by Gasteiger charge is -2.34. The van der Waals surface area contributed by atoms with E-state index in [4.69, 9.17) is 18.0 Å². The molecule has 1 amide bonds. The number of hydrogen-bond donors (Lipinski definition) is 2. The molecule has 0 aromatic heterocycles. The highest BCUT2D eigenvalue weighted by molar-refractivity contribution is 7.80. The fraction of sp³-hybridized carbons (Fsp3) is 0.385. The van der Waals surface area contributed by atoms with Crippen LogP contribution >= 0.6 is 12.2 Å². The van der Waals surface area contributed by atoms with Gasteiger partial charge >= 0.3 is 0 Å². The fourth-order valence-electron chi connectivity index (χ4n) is 1.35. The van der Waals surface area contributed by atoms with Crippen molar-refractivity contribution in [2.45, 2.75) is 19.4 Å². The molecule has 3 N–H and O–H groups in total. The van der Waals surface area contributed by atoms with E-state index in [9.17, 15) is 9.90 Å². The summed E-state index contributed by atoms with van der Waals surface area (Å²) in [6.45, 7) is 3.50. The second-order valence-electron chi connectivity index (χ2n) is 4.78. The van der Waals surface area contributed by atoms with E-state index in [0.717, 1.165) is 5.56 Å². The molecule has 0 bridgehead atoms. The average Bonchev–Trinajstić information content (AvgIpc) is 2.37. The molecule has 0 heterocycles. The zero-order valence-electron chi connectivity index (χ0n) is 10.8. The van der Waals surface area contributed by atoms with Gasteiger partial charge in [-0.1, -0.05) is 24.4 Å². The normalized spacial score (nSPS) is 11.1. The maximum Gasteiger partial charge on any atom is 0.254 e. The summed E-state index contributed by atoms with van der Waals surface area (Å²) in [5.41, 5.74) is 6.16. The molecule has 0 radical (unpaired) electrons. The van der Waals surface area contributed by atoms with Crippen LogP contribution in [0.25, 0.3) is 0 Å². The summed E-state index contributed by atoms with van der Waals surface area (Å²) < 4.78 is 0. The van der Waals surface area contributed by atoms with E-state index in [1.54, 1.807) is 45.2 Å². The van der Waals surface area contributed by atoms with Crippen molar-refractivity contribution >= 4 is 23.1 Å². The minimum atomic E-state index is -0.598. The van der Waals surface area contributed by atoms with E-state index >= 15 is 0 Å². The number of nitrogens with two attached hydrogens (primary N) is 1. The summed E-state index contributed by atoms with van der Waals surface area (Å²) >= 11 is 4.85. The number of hydrogen-bond acceptors (Lipinski definition) is 3. The van der Waals surface area contributed by atoms with Crippen molar-refractivity contribution in [1.82, 2.24) is 4.90 Å². The minimum absolute atomic E-state index is 0.0970. The molecule has 1 rings (SSSR count). The van der Waals surface area contributed by atoms with Crippen LogP contribution in [0, 0.1) is 0 Å². The van der Waals surface area contributed by atoms with Crippen LogP contribution in [0.1, 0.15) is 29.8 Å². The lowest BCUT2D eigenvalue weighted by atomic mass is 10.0. The van der Waals surface area contributed by atoms with Gasteiger partial charge in [0.1, 0.15) is 4.99 Å². The van der Waals surface area contributed by atoms with Crippen LogP contribution in [0.5, 0.6) is 0 Å². The van der Waals surface area contributed by atoms with Crippen LogP contribution in [-0.4, -0.2) is 40.1 Å². The van der Waals surface area contributed by atoms with E-state index < -0.39 is 5.54 Å². The first-order valence-electron chi connectivity index (χ1n) is 5.58. The molecule has 0 aliphatic heterocycles. The first kappa shape index (κ1) is 14.6. The molecule has 0 spiro atoms. The Hall–Kier alpha value is -1.46. The van der Waals surface area contributed by atoms with Gasteiger partial charge in [0.05, 0.1) is 12.1 Å². The van der Waals surface area contributed by atoms with E-state index in [2.05, 4.69) is 0 Å². The SMILES string of the molecule is CN(C(=O)c1ccc(C(N)=S)cc1)C(C)(C)CO. The molecule has 0 fully saturated rings. The van der Waals surface area contributed by atoms with Gasteiger partial charge in [-0.15, -0.1) is 0 Å². The standard InChI is InChI=1S/C13H18N2O2S/c1-13(2,8-16)15(3)12(17)10-6-4-9(5-7-10)11(14)18/h4-7,16H,8H2,1-3H3,(H2,14,18). The highest BCUT2D eigenvalue weighted by atomic mass is 32.1. The number of nitrogens with zero attached hydrogens (tertiary/aromatic N) is 1. The van der Waals surface area contributed by atoms with E-state index in [1.165, 1.54) is 4.90 Å². The summed E-state index contributed by atoms with van der Waals surface area (Å²) in [5.74, 6) is -0.150. The summed E-state index contributed by atoms with van der Waals surface area (Å²) in [6, 6.07) is 6.80. The van der Waals surface area contributed by atoms with Crippen LogP contribution < -0.4 is 5.73 Å². The van der Waals surface area contributed by atoms with Crippen molar-refractivity contribution in [3.05, 3.63) is 35.4 Å². The van der Waals surface area contributed by atoms with Crippen molar-refractivity contribution in [2.75, 3.05) is 13.7 Å². The van der Waals surface area contributed by atoms with Gasteiger partial charge in [0.15, 0.2) is 0 Å². The second-order valence-corrected chi connectivity index (χ2v) is 5.22. The van der Waals surface area contributed by atoms with Gasteiger partial charge < -0.3 is 15.7 Å². The van der Waals surface area contributed by atoms with Gasteiger partial charge in [-0.25, -0.2) is 0 Å². The lowest BCUT2D eigenvalue weighted by molar-refractivity contribution is 0.0473. The van der Waals surface area contributed by atoms with Crippen molar-refractivity contribution in [3.8, 4) is 0 Å². The summed E-state index contributed by atoms with van der Waals surface area (Å²) in [5, 5.41) is 9.25. The summed E-state index contributed by atoms with van der Waals surface area (Å²) in [6.07, 6.45) is 0. The molecule has 98 valence electrons. The molecule has 18 heavy (non-hydrogen) atoms. The molecule has 4 nitrogen and oxygen atoms in total. The lowest BCUT2D eigenvalue weighted by Crippen LogP contribution is -2.47. The third-order valence-electron chi connectivity index (χ3n) is 3.02. The Bertz CT molecular complexity index is 455. The predicted molar refractivity (Wildman–Crippen MR) is 75.6 cm³/mol. The first-order chi connectivity index (χ1) is 8.29. The van der Waals surface area contributed by atoms with E-state index in [0.29, 0.717) is 10.6 Å². The number of rotatable bonds is 4. The Morgan fingerprint density at radius 3 is 2.17 bits per heavy atom. The van der Waals surface area contributed by atoms with Crippen LogP contribution in [-0.2, 0) is 0 Å². The fourth-order valence-corrected chi connectivity index (χ4v) is 1.49. The second kappa shape index (κ2) is 5.46. The Labute approximate surface area is 112 Å². The number of aliphatic hydroxyl groups is 1. The number of carbonyl (C=O) groups is 1. The highest BCUT2D eigenvalue weighted by Crippen LogP contribution is 2.15. The number of amides is 1. The Morgan fingerprint density at radius 1 is 1.33 bits per heavy atom. The number of aliphatic hydroxyl groups excluding tert-OH is 1. The van der Waals surface area contributed by atoms with Crippen LogP contribution in [0.4, 0.5) is 0 Å². The monoisotopic (exact) mass is 266 g/mol. The summed E-state index contributed by atoms with van der Waals surface area (Å²) in [7, 11) is 1.67. The Balaban J connectivity index is 2.94. The Kier molecular flexibility index (Phi) is 4.43. The van der Waals surface area contributed by atoms with Crippen molar-refractivity contribution in [1.29, 1.82) is 0 Å². The topological polar surface area (TPSA) is 66.6 Å². The maximum absolute atomic E-state index is 12.2. The number of thiocarbonyl (C=S) groups is 1. The van der Waals surface area contributed by atoms with Crippen molar-refractivity contribution in [3.63, 3.8) is 0 Å². The van der Waals surface area contributed by atoms with Gasteiger partial charge in [0.2, 0.25) is 0 Å². The minimum Gasteiger partial charge on any atom is -0.394 e. The number of carbonyl (C=O) groups excluding carboxylic acids is 1. The van der Waals surface area contributed by atoms with Gasteiger partial charge in [-0.3, -0.25) is 4.79 Å². The van der Waals surface area contributed by atoms with Gasteiger partial charge in [0, 0.05) is 18.2 Å². The van der Waals surface area contributed by atoms with Gasteiger partial charge in [-0.2, -0.15) is 0 Å². The number of benzene rings is 1. The predicted octanol–water partition coefficient (Wildman–Crippen LogP) is 1.16. The quantitative estimate of drug-likeness (QED) is 0.803. The molecule has 1 aromatic carbocycles. The van der Waals surface area contributed by atoms with E-state index in [-0.39, 0.29) is 12.5 Å². The smallest absolute Gasteiger partial charge is 0.254 e. The average molecular weight is 266 g/mol. The first-order valence-corrected chi connectivity index (χ1v) is 5.99. The molecule has 0 saturated carbocycles. The molecule has 0 atom stereocenters. The zero-order valence-corrected chi connectivity index (χ0v) is 11.6. The largest absolute Gasteiger partial charge is 0.394 e. The van der Waals surface area contributed by atoms with Crippen LogP contribution in [0.3, 0.4) is 0 Å². The third kappa shape index (κ3) is 3.05. The van der Waals surface area contributed by atoms with Crippen molar-refractivity contribution < 1.29 is 9.90 Å². The zero-order chi connectivity index (χ0) is 13.9. The molecule has 5 heteroatoms. The molecular weight excluding hydrogens is 248 g/mol. The van der Waals surface area contributed by atoms with Gasteiger partial charge in [0.25, 0.3) is 5.91 Å². The maximum atomic E-state index is 12.2. The number of likely N-dealkylation sites (N-methyl/N-ethyl adjacent to an activating group) is 1.